The molecule has 190 valence electrons. The second-order valence-electron chi connectivity index (χ2n) is 7.51. The number of halogens is 5. The smallest absolute Gasteiger partial charge is 0.423 e. The molecule has 3 heterocycles. The standard InChI is InChI=1S/C20H22F5N7O3/c1-12(29-14-11-28-30-17(33)15(14)20(23,24)25)3-2-8-35-19(34)32-6-4-31(5-7-32)18-26-9-13(10-27-18)16(21)22/h2-3,9-12,16H,4-8H2,1H3,(H2,29,30,33)/b3-2+/t12-/m1/s1. The number of alkyl halides is 5. The number of piperazine rings is 1. The zero-order valence-electron chi connectivity index (χ0n) is 18.4. The van der Waals surface area contributed by atoms with Crippen molar-refractivity contribution < 1.29 is 31.5 Å². The minimum absolute atomic E-state index is 0.122. The Labute approximate surface area is 195 Å². The third-order valence-electron chi connectivity index (χ3n) is 4.98. The van der Waals surface area contributed by atoms with Crippen LogP contribution in [0, 0.1) is 0 Å². The van der Waals surface area contributed by atoms with E-state index >= 15 is 0 Å². The van der Waals surface area contributed by atoms with E-state index in [0.29, 0.717) is 26.2 Å². The van der Waals surface area contributed by atoms with Crippen LogP contribution in [0.15, 0.2) is 35.5 Å². The fraction of sp³-hybridized carbons (Fsp3) is 0.450. The number of aromatic amines is 1. The molecule has 2 aromatic rings. The molecule has 0 saturated carbocycles. The Morgan fingerprint density at radius 3 is 2.46 bits per heavy atom. The van der Waals surface area contributed by atoms with Crippen molar-refractivity contribution in [3.8, 4) is 0 Å². The summed E-state index contributed by atoms with van der Waals surface area (Å²) in [6.45, 7) is 2.79. The maximum atomic E-state index is 13.1. The van der Waals surface area contributed by atoms with Gasteiger partial charge in [-0.1, -0.05) is 6.08 Å². The fourth-order valence-corrected chi connectivity index (χ4v) is 3.25. The van der Waals surface area contributed by atoms with Crippen molar-refractivity contribution in [2.24, 2.45) is 0 Å². The Hall–Kier alpha value is -3.78. The van der Waals surface area contributed by atoms with Crippen molar-refractivity contribution in [3.63, 3.8) is 0 Å². The van der Waals surface area contributed by atoms with Crippen LogP contribution in [0.25, 0.3) is 0 Å². The largest absolute Gasteiger partial charge is 0.445 e. The maximum absolute atomic E-state index is 13.1. The highest BCUT2D eigenvalue weighted by atomic mass is 19.4. The Morgan fingerprint density at radius 2 is 1.86 bits per heavy atom. The van der Waals surface area contributed by atoms with E-state index < -0.39 is 41.5 Å². The number of nitrogens with zero attached hydrogens (tertiary/aromatic N) is 5. The molecule has 10 nitrogen and oxygen atoms in total. The van der Waals surface area contributed by atoms with Crippen molar-refractivity contribution >= 4 is 17.7 Å². The third kappa shape index (κ3) is 6.86. The second-order valence-corrected chi connectivity index (χ2v) is 7.51. The molecule has 1 atom stereocenters. The molecule has 35 heavy (non-hydrogen) atoms. The molecule has 1 aliphatic heterocycles. The van der Waals surface area contributed by atoms with Gasteiger partial charge in [0.15, 0.2) is 0 Å². The number of carbonyl (C=O) groups excluding carboxylic acids is 1. The third-order valence-corrected chi connectivity index (χ3v) is 4.98. The van der Waals surface area contributed by atoms with Crippen molar-refractivity contribution in [3.05, 3.63) is 52.2 Å². The van der Waals surface area contributed by atoms with E-state index in [-0.39, 0.29) is 18.1 Å². The molecule has 2 aromatic heterocycles. The summed E-state index contributed by atoms with van der Waals surface area (Å²) in [5, 5.41) is 7.67. The van der Waals surface area contributed by atoms with Crippen LogP contribution in [0.5, 0.6) is 0 Å². The van der Waals surface area contributed by atoms with E-state index in [1.165, 1.54) is 17.1 Å². The van der Waals surface area contributed by atoms with Crippen LogP contribution in [0.4, 0.5) is 38.4 Å². The zero-order chi connectivity index (χ0) is 25.6. The van der Waals surface area contributed by atoms with Crippen LogP contribution in [0.2, 0.25) is 0 Å². The molecule has 0 radical (unpaired) electrons. The number of amides is 1. The van der Waals surface area contributed by atoms with Gasteiger partial charge in [-0.3, -0.25) is 4.79 Å². The summed E-state index contributed by atoms with van der Waals surface area (Å²) < 4.78 is 69.6. The van der Waals surface area contributed by atoms with Gasteiger partial charge < -0.3 is 19.9 Å². The molecule has 2 N–H and O–H groups in total. The van der Waals surface area contributed by atoms with E-state index in [0.717, 1.165) is 18.6 Å². The normalized spacial score (nSPS) is 15.5. The van der Waals surface area contributed by atoms with Gasteiger partial charge in [-0.25, -0.2) is 28.6 Å². The van der Waals surface area contributed by atoms with Crippen LogP contribution in [-0.2, 0) is 10.9 Å². The van der Waals surface area contributed by atoms with Gasteiger partial charge in [-0.15, -0.1) is 0 Å². The average Bonchev–Trinajstić information content (AvgIpc) is 2.81. The lowest BCUT2D eigenvalue weighted by molar-refractivity contribution is -0.138. The van der Waals surface area contributed by atoms with E-state index in [4.69, 9.17) is 4.74 Å². The van der Waals surface area contributed by atoms with Crippen LogP contribution in [0.3, 0.4) is 0 Å². The highest BCUT2D eigenvalue weighted by molar-refractivity contribution is 5.68. The molecule has 1 amide bonds. The SMILES string of the molecule is C[C@H](/C=C/COC(=O)N1CCN(c2ncc(C(F)F)cn2)CC1)Nc1cn[nH]c(=O)c1C(F)(F)F. The molecule has 0 aliphatic carbocycles. The van der Waals surface area contributed by atoms with Gasteiger partial charge in [0.25, 0.3) is 12.0 Å². The molecule has 0 aromatic carbocycles. The number of ether oxygens (including phenoxy) is 1. The maximum Gasteiger partial charge on any atom is 0.423 e. The number of nitrogens with one attached hydrogen (secondary N) is 2. The van der Waals surface area contributed by atoms with Crippen LogP contribution < -0.4 is 15.8 Å². The molecule has 1 saturated heterocycles. The van der Waals surface area contributed by atoms with Gasteiger partial charge in [-0.2, -0.15) is 18.3 Å². The first-order valence-corrected chi connectivity index (χ1v) is 10.4. The Bertz CT molecular complexity index is 1080. The highest BCUT2D eigenvalue weighted by Gasteiger charge is 2.37. The minimum Gasteiger partial charge on any atom is -0.445 e. The Balaban J connectivity index is 1.44. The van der Waals surface area contributed by atoms with E-state index in [9.17, 15) is 31.5 Å². The topological polar surface area (TPSA) is 116 Å². The van der Waals surface area contributed by atoms with Crippen LogP contribution in [0.1, 0.15) is 24.5 Å². The van der Waals surface area contributed by atoms with Gasteiger partial charge in [0, 0.05) is 44.6 Å². The summed E-state index contributed by atoms with van der Waals surface area (Å²) in [6, 6.07) is -0.626. The van der Waals surface area contributed by atoms with Crippen molar-refractivity contribution in [2.45, 2.75) is 25.6 Å². The van der Waals surface area contributed by atoms with Gasteiger partial charge in [0.1, 0.15) is 12.2 Å². The molecular formula is C20H22F5N7O3. The number of aromatic nitrogens is 4. The molecule has 0 bridgehead atoms. The lowest BCUT2D eigenvalue weighted by atomic mass is 10.2. The number of H-pyrrole nitrogens is 1. The van der Waals surface area contributed by atoms with E-state index in [1.54, 1.807) is 16.9 Å². The summed E-state index contributed by atoms with van der Waals surface area (Å²) in [4.78, 5) is 34.8. The summed E-state index contributed by atoms with van der Waals surface area (Å²) >= 11 is 0. The summed E-state index contributed by atoms with van der Waals surface area (Å²) in [5.74, 6) is 0.288. The van der Waals surface area contributed by atoms with Crippen LogP contribution in [-0.4, -0.2) is 70.0 Å². The predicted octanol–water partition coefficient (Wildman–Crippen LogP) is 2.83. The number of anilines is 2. The molecular weight excluding hydrogens is 481 g/mol. The lowest BCUT2D eigenvalue weighted by Crippen LogP contribution is -2.49. The first-order chi connectivity index (χ1) is 16.6. The number of rotatable bonds is 7. The second kappa shape index (κ2) is 11.1. The van der Waals surface area contributed by atoms with Crippen LogP contribution >= 0.6 is 0 Å². The van der Waals surface area contributed by atoms with Gasteiger partial charge in [-0.05, 0) is 13.0 Å². The molecule has 0 spiro atoms. The highest BCUT2D eigenvalue weighted by Crippen LogP contribution is 2.31. The lowest BCUT2D eigenvalue weighted by Gasteiger charge is -2.33. The predicted molar refractivity (Wildman–Crippen MR) is 114 cm³/mol. The summed E-state index contributed by atoms with van der Waals surface area (Å²) in [6.07, 6.45) is -2.17. The molecule has 15 heteroatoms. The van der Waals surface area contributed by atoms with Gasteiger partial charge in [0.2, 0.25) is 5.95 Å². The first kappa shape index (κ1) is 25.8. The molecule has 0 unspecified atom stereocenters. The Kier molecular flexibility index (Phi) is 8.19. The first-order valence-electron chi connectivity index (χ1n) is 10.4. The zero-order valence-corrected chi connectivity index (χ0v) is 18.4. The molecule has 1 fully saturated rings. The van der Waals surface area contributed by atoms with Crippen molar-refractivity contribution in [1.82, 2.24) is 25.1 Å². The average molecular weight is 503 g/mol. The Morgan fingerprint density at radius 1 is 1.20 bits per heavy atom. The molecule has 1 aliphatic rings. The molecule has 3 rings (SSSR count). The summed E-state index contributed by atoms with van der Waals surface area (Å²) in [7, 11) is 0. The summed E-state index contributed by atoms with van der Waals surface area (Å²) in [5.41, 5.74) is -3.48. The van der Waals surface area contributed by atoms with Gasteiger partial charge >= 0.3 is 12.3 Å². The van der Waals surface area contributed by atoms with E-state index in [2.05, 4.69) is 20.4 Å². The number of hydrogen-bond donors (Lipinski definition) is 2. The van der Waals surface area contributed by atoms with Crippen molar-refractivity contribution in [2.75, 3.05) is 43.0 Å². The van der Waals surface area contributed by atoms with Gasteiger partial charge in [0.05, 0.1) is 17.4 Å². The minimum atomic E-state index is -4.86. The number of hydrogen-bond acceptors (Lipinski definition) is 8. The monoisotopic (exact) mass is 503 g/mol. The quantitative estimate of drug-likeness (QED) is 0.438. The van der Waals surface area contributed by atoms with Crippen molar-refractivity contribution in [1.29, 1.82) is 0 Å². The number of carbonyl (C=O) groups is 1. The van der Waals surface area contributed by atoms with E-state index in [1.807, 2.05) is 0 Å². The fourth-order valence-electron chi connectivity index (χ4n) is 3.25.